The van der Waals surface area contributed by atoms with Crippen molar-refractivity contribution in [3.63, 3.8) is 0 Å². The maximum atomic E-state index is 13.3. The molecule has 2 nitrogen and oxygen atoms in total. The van der Waals surface area contributed by atoms with Crippen LogP contribution >= 0.6 is 11.3 Å². The van der Waals surface area contributed by atoms with Gasteiger partial charge in [0, 0.05) is 17.2 Å². The third-order valence-corrected chi connectivity index (χ3v) is 4.11. The maximum absolute atomic E-state index is 13.3. The molecule has 108 valence electrons. The Morgan fingerprint density at radius 1 is 1.25 bits per heavy atom. The summed E-state index contributed by atoms with van der Waals surface area (Å²) >= 11 is 1.54. The average molecular weight is 293 g/mol. The number of aliphatic hydroxyl groups is 1. The van der Waals surface area contributed by atoms with Crippen LogP contribution in [0.2, 0.25) is 0 Å². The van der Waals surface area contributed by atoms with Crippen LogP contribution in [-0.4, -0.2) is 10.1 Å². The van der Waals surface area contributed by atoms with Gasteiger partial charge in [0.1, 0.15) is 5.82 Å². The van der Waals surface area contributed by atoms with Crippen molar-refractivity contribution in [2.45, 2.75) is 45.1 Å². The first kappa shape index (κ1) is 15.1. The van der Waals surface area contributed by atoms with Gasteiger partial charge in [0.25, 0.3) is 0 Å². The van der Waals surface area contributed by atoms with Gasteiger partial charge in [-0.3, -0.25) is 0 Å². The average Bonchev–Trinajstić information content (AvgIpc) is 2.76. The summed E-state index contributed by atoms with van der Waals surface area (Å²) in [4.78, 5) is 4.58. The predicted octanol–water partition coefficient (Wildman–Crippen LogP) is 4.03. The third kappa shape index (κ3) is 3.44. The second-order valence-electron chi connectivity index (χ2n) is 6.34. The Kier molecular flexibility index (Phi) is 3.98. The highest BCUT2D eigenvalue weighted by Gasteiger charge is 2.26. The smallest absolute Gasteiger partial charge is 0.123 e. The number of rotatable bonds is 3. The number of aromatic nitrogens is 1. The van der Waals surface area contributed by atoms with E-state index in [0.29, 0.717) is 12.0 Å². The molecular formula is C16H20FNOS. The molecule has 0 aliphatic heterocycles. The number of hydrogen-bond donors (Lipinski definition) is 1. The van der Waals surface area contributed by atoms with Gasteiger partial charge >= 0.3 is 0 Å². The van der Waals surface area contributed by atoms with E-state index in [1.807, 2.05) is 5.38 Å². The summed E-state index contributed by atoms with van der Waals surface area (Å²) in [6, 6.07) is 6.10. The third-order valence-electron chi connectivity index (χ3n) is 3.26. The highest BCUT2D eigenvalue weighted by molar-refractivity contribution is 7.09. The summed E-state index contributed by atoms with van der Waals surface area (Å²) < 4.78 is 13.3. The van der Waals surface area contributed by atoms with Crippen molar-refractivity contribution < 1.29 is 9.50 Å². The molecule has 1 aromatic heterocycles. The van der Waals surface area contributed by atoms with E-state index in [2.05, 4.69) is 25.8 Å². The minimum absolute atomic E-state index is 0.000534. The van der Waals surface area contributed by atoms with Gasteiger partial charge in [0.2, 0.25) is 0 Å². The Morgan fingerprint density at radius 3 is 2.50 bits per heavy atom. The molecule has 2 rings (SSSR count). The highest BCUT2D eigenvalue weighted by atomic mass is 32.1. The van der Waals surface area contributed by atoms with Gasteiger partial charge in [-0.05, 0) is 24.6 Å². The second kappa shape index (κ2) is 5.26. The quantitative estimate of drug-likeness (QED) is 0.927. The Bertz CT molecular complexity index is 599. The van der Waals surface area contributed by atoms with E-state index in [9.17, 15) is 9.50 Å². The van der Waals surface area contributed by atoms with Crippen LogP contribution in [0.1, 0.15) is 44.0 Å². The Balaban J connectivity index is 2.22. The first-order valence-electron chi connectivity index (χ1n) is 6.62. The fourth-order valence-corrected chi connectivity index (χ4v) is 3.13. The molecule has 1 atom stereocenters. The minimum atomic E-state index is -1.12. The molecule has 0 radical (unpaired) electrons. The molecular weight excluding hydrogens is 273 g/mol. The number of hydrogen-bond acceptors (Lipinski definition) is 3. The van der Waals surface area contributed by atoms with Crippen molar-refractivity contribution >= 4 is 11.3 Å². The summed E-state index contributed by atoms with van der Waals surface area (Å²) in [6.07, 6.45) is 0.386. The van der Waals surface area contributed by atoms with Crippen molar-refractivity contribution in [1.82, 2.24) is 4.98 Å². The van der Waals surface area contributed by atoms with Gasteiger partial charge in [0.15, 0.2) is 0 Å². The van der Waals surface area contributed by atoms with Crippen molar-refractivity contribution in [3.05, 3.63) is 51.7 Å². The monoisotopic (exact) mass is 293 g/mol. The first-order valence-corrected chi connectivity index (χ1v) is 7.50. The summed E-state index contributed by atoms with van der Waals surface area (Å²) in [5.74, 6) is -0.336. The van der Waals surface area contributed by atoms with Gasteiger partial charge in [-0.25, -0.2) is 9.37 Å². The lowest BCUT2D eigenvalue weighted by Gasteiger charge is -2.23. The molecule has 0 fully saturated rings. The van der Waals surface area contributed by atoms with Crippen molar-refractivity contribution in [2.75, 3.05) is 0 Å². The SMILES string of the molecule is CC(C)(C)c1csc(CC(C)(O)c2cccc(F)c2)n1. The lowest BCUT2D eigenvalue weighted by molar-refractivity contribution is 0.0571. The Morgan fingerprint density at radius 2 is 1.95 bits per heavy atom. The van der Waals surface area contributed by atoms with Gasteiger partial charge in [0.05, 0.1) is 16.3 Å². The van der Waals surface area contributed by atoms with Gasteiger partial charge < -0.3 is 5.11 Å². The second-order valence-corrected chi connectivity index (χ2v) is 7.28. The zero-order valence-electron chi connectivity index (χ0n) is 12.3. The van der Waals surface area contributed by atoms with Crippen LogP contribution in [0.3, 0.4) is 0 Å². The Hall–Kier alpha value is -1.26. The molecule has 1 N–H and O–H groups in total. The molecule has 20 heavy (non-hydrogen) atoms. The van der Waals surface area contributed by atoms with Crippen LogP contribution in [-0.2, 0) is 17.4 Å². The van der Waals surface area contributed by atoms with Crippen LogP contribution < -0.4 is 0 Å². The minimum Gasteiger partial charge on any atom is -0.385 e. The molecule has 0 aliphatic rings. The van der Waals surface area contributed by atoms with Crippen LogP contribution in [0, 0.1) is 5.82 Å². The van der Waals surface area contributed by atoms with Crippen molar-refractivity contribution in [1.29, 1.82) is 0 Å². The zero-order chi connectivity index (χ0) is 15.0. The maximum Gasteiger partial charge on any atom is 0.123 e. The fourth-order valence-electron chi connectivity index (χ4n) is 1.96. The van der Waals surface area contributed by atoms with Crippen LogP contribution in [0.25, 0.3) is 0 Å². The van der Waals surface area contributed by atoms with E-state index in [-0.39, 0.29) is 11.2 Å². The zero-order valence-corrected chi connectivity index (χ0v) is 13.1. The van der Waals surface area contributed by atoms with Crippen LogP contribution in [0.15, 0.2) is 29.6 Å². The predicted molar refractivity (Wildman–Crippen MR) is 80.5 cm³/mol. The molecule has 1 aromatic carbocycles. The Labute approximate surface area is 123 Å². The van der Waals surface area contributed by atoms with Crippen molar-refractivity contribution in [2.24, 2.45) is 0 Å². The molecule has 0 spiro atoms. The van der Waals surface area contributed by atoms with Gasteiger partial charge in [-0.15, -0.1) is 11.3 Å². The first-order chi connectivity index (χ1) is 9.18. The van der Waals surface area contributed by atoms with Crippen LogP contribution in [0.4, 0.5) is 4.39 Å². The van der Waals surface area contributed by atoms with E-state index >= 15 is 0 Å². The van der Waals surface area contributed by atoms with Crippen molar-refractivity contribution in [3.8, 4) is 0 Å². The summed E-state index contributed by atoms with van der Waals surface area (Å²) in [5, 5.41) is 13.5. The molecule has 0 saturated heterocycles. The topological polar surface area (TPSA) is 33.1 Å². The molecule has 4 heteroatoms. The highest BCUT2D eigenvalue weighted by Crippen LogP contribution is 2.30. The van der Waals surface area contributed by atoms with E-state index < -0.39 is 5.60 Å². The van der Waals surface area contributed by atoms with Gasteiger partial charge in [-0.1, -0.05) is 32.9 Å². The van der Waals surface area contributed by atoms with E-state index in [1.165, 1.54) is 23.5 Å². The molecule has 1 unspecified atom stereocenters. The largest absolute Gasteiger partial charge is 0.385 e. The van der Waals surface area contributed by atoms with E-state index in [0.717, 1.165) is 10.7 Å². The number of benzene rings is 1. The molecule has 2 aromatic rings. The number of halogens is 1. The number of nitrogens with zero attached hydrogens (tertiary/aromatic N) is 1. The van der Waals surface area contributed by atoms with E-state index in [4.69, 9.17) is 0 Å². The lowest BCUT2D eigenvalue weighted by Crippen LogP contribution is -2.24. The molecule has 0 amide bonds. The lowest BCUT2D eigenvalue weighted by atomic mass is 9.92. The number of thiazole rings is 1. The fraction of sp³-hybridized carbons (Fsp3) is 0.438. The molecule has 0 aliphatic carbocycles. The standard InChI is InChI=1S/C16H20FNOS/c1-15(2,3)13-10-20-14(18-13)9-16(4,19)11-6-5-7-12(17)8-11/h5-8,10,19H,9H2,1-4H3. The van der Waals surface area contributed by atoms with Crippen LogP contribution in [0.5, 0.6) is 0 Å². The molecule has 1 heterocycles. The summed E-state index contributed by atoms with van der Waals surface area (Å²) in [6.45, 7) is 8.02. The molecule has 0 bridgehead atoms. The molecule has 0 saturated carbocycles. The summed E-state index contributed by atoms with van der Waals surface area (Å²) in [5.41, 5.74) is 0.478. The van der Waals surface area contributed by atoms with Gasteiger partial charge in [-0.2, -0.15) is 0 Å². The normalized spacial score (nSPS) is 15.1. The summed E-state index contributed by atoms with van der Waals surface area (Å²) in [7, 11) is 0. The van der Waals surface area contributed by atoms with E-state index in [1.54, 1.807) is 19.1 Å².